The molecule has 6 atom stereocenters. The summed E-state index contributed by atoms with van der Waals surface area (Å²) in [6, 6.07) is 0. The number of hydrogen-bond acceptors (Lipinski definition) is 6. The van der Waals surface area contributed by atoms with Gasteiger partial charge in [0.25, 0.3) is 0 Å². The Labute approximate surface area is 167 Å². The van der Waals surface area contributed by atoms with E-state index >= 15 is 0 Å². The van der Waals surface area contributed by atoms with E-state index in [1.165, 1.54) is 0 Å². The number of hydrogen-bond donors (Lipinski definition) is 3. The zero-order chi connectivity index (χ0) is 21.1. The van der Waals surface area contributed by atoms with Gasteiger partial charge >= 0.3 is 11.9 Å². The zero-order valence-corrected chi connectivity index (χ0v) is 17.5. The minimum absolute atomic E-state index is 0.0323. The number of carbonyl (C=O) groups is 2. The molecule has 2 rings (SSSR count). The number of ether oxygens (including phenoxy) is 2. The number of rotatable bonds is 11. The Morgan fingerprint density at radius 2 is 1.93 bits per heavy atom. The van der Waals surface area contributed by atoms with Gasteiger partial charge in [0.2, 0.25) is 0 Å². The lowest BCUT2D eigenvalue weighted by Crippen LogP contribution is -2.44. The van der Waals surface area contributed by atoms with Crippen molar-refractivity contribution < 1.29 is 34.4 Å². The zero-order valence-electron chi connectivity index (χ0n) is 17.5. The highest BCUT2D eigenvalue weighted by Crippen LogP contribution is 2.54. The fraction of sp³-hybridized carbons (Fsp3) is 0.905. The second-order valence-corrected chi connectivity index (χ2v) is 9.28. The summed E-state index contributed by atoms with van der Waals surface area (Å²) in [4.78, 5) is 23.0. The molecule has 28 heavy (non-hydrogen) atoms. The van der Waals surface area contributed by atoms with Crippen LogP contribution in [0.2, 0.25) is 0 Å². The second-order valence-electron chi connectivity index (χ2n) is 9.28. The minimum Gasteiger partial charge on any atom is -0.481 e. The third kappa shape index (κ3) is 5.24. The topological polar surface area (TPSA) is 113 Å². The normalized spacial score (nSPS) is 31.6. The second kappa shape index (κ2) is 9.09. The van der Waals surface area contributed by atoms with E-state index in [0.29, 0.717) is 31.8 Å². The Bertz CT molecular complexity index is 561. The number of fused-ring (bicyclic) bond motifs is 2. The van der Waals surface area contributed by atoms with E-state index in [9.17, 15) is 19.8 Å². The van der Waals surface area contributed by atoms with Crippen molar-refractivity contribution in [1.29, 1.82) is 0 Å². The van der Waals surface area contributed by atoms with Crippen molar-refractivity contribution in [3.05, 3.63) is 0 Å². The average Bonchev–Trinajstić information content (AvgIpc) is 3.10. The lowest BCUT2D eigenvalue weighted by Gasteiger charge is -2.38. The molecule has 0 aromatic rings. The summed E-state index contributed by atoms with van der Waals surface area (Å²) in [6.45, 7) is 8.18. The molecule has 2 bridgehead atoms. The maximum Gasteiger partial charge on any atom is 0.311 e. The standard InChI is InChI=1S/C21H36O7/c1-5-20(3,4)19(26)27-12-14-9-17-8-13(2)21(14,28-17)7-6-15(22)10-16(23)11-18(24)25/h13-17,22-23H,5-12H2,1-4H3,(H,24,25)/t13-,14+,15+,16+,17-,21+/m0/s1. The summed E-state index contributed by atoms with van der Waals surface area (Å²) in [5.41, 5.74) is -0.937. The highest BCUT2D eigenvalue weighted by Gasteiger charge is 2.57. The first-order valence-electron chi connectivity index (χ1n) is 10.4. The lowest BCUT2D eigenvalue weighted by atomic mass is 9.69. The molecule has 2 aliphatic heterocycles. The van der Waals surface area contributed by atoms with Gasteiger partial charge in [-0.1, -0.05) is 13.8 Å². The van der Waals surface area contributed by atoms with Gasteiger partial charge in [0.05, 0.1) is 42.4 Å². The molecule has 0 spiro atoms. The monoisotopic (exact) mass is 400 g/mol. The Morgan fingerprint density at radius 3 is 2.50 bits per heavy atom. The summed E-state index contributed by atoms with van der Waals surface area (Å²) >= 11 is 0. The Balaban J connectivity index is 1.93. The molecule has 2 saturated heterocycles. The number of carboxylic acid groups (broad SMARTS) is 1. The summed E-state index contributed by atoms with van der Waals surface area (Å²) in [7, 11) is 0. The van der Waals surface area contributed by atoms with Crippen LogP contribution in [0.4, 0.5) is 0 Å². The summed E-state index contributed by atoms with van der Waals surface area (Å²) in [5, 5.41) is 28.7. The molecule has 0 unspecified atom stereocenters. The van der Waals surface area contributed by atoms with Gasteiger partial charge in [-0.3, -0.25) is 9.59 Å². The van der Waals surface area contributed by atoms with Crippen LogP contribution in [0.25, 0.3) is 0 Å². The van der Waals surface area contributed by atoms with Gasteiger partial charge in [-0.15, -0.1) is 0 Å². The van der Waals surface area contributed by atoms with Crippen molar-refractivity contribution >= 4 is 11.9 Å². The quantitative estimate of drug-likeness (QED) is 0.457. The predicted molar refractivity (Wildman–Crippen MR) is 103 cm³/mol. The van der Waals surface area contributed by atoms with Crippen LogP contribution < -0.4 is 0 Å². The van der Waals surface area contributed by atoms with Crippen molar-refractivity contribution in [2.24, 2.45) is 17.3 Å². The van der Waals surface area contributed by atoms with Crippen molar-refractivity contribution in [2.75, 3.05) is 6.61 Å². The van der Waals surface area contributed by atoms with Crippen molar-refractivity contribution in [3.8, 4) is 0 Å². The molecular formula is C21H36O7. The Kier molecular flexibility index (Phi) is 7.50. The predicted octanol–water partition coefficient (Wildman–Crippen LogP) is 2.52. The molecular weight excluding hydrogens is 364 g/mol. The number of aliphatic hydroxyl groups is 2. The van der Waals surface area contributed by atoms with Gasteiger partial charge in [-0.25, -0.2) is 0 Å². The number of esters is 1. The van der Waals surface area contributed by atoms with Gasteiger partial charge in [-0.05, 0) is 58.3 Å². The maximum absolute atomic E-state index is 12.3. The number of carboxylic acids is 1. The summed E-state index contributed by atoms with van der Waals surface area (Å²) in [6.07, 6.45) is 1.51. The molecule has 0 aromatic heterocycles. The molecule has 0 radical (unpaired) electrons. The van der Waals surface area contributed by atoms with Gasteiger partial charge in [0.15, 0.2) is 0 Å². The van der Waals surface area contributed by atoms with Crippen LogP contribution in [0.1, 0.15) is 72.6 Å². The van der Waals surface area contributed by atoms with Crippen LogP contribution >= 0.6 is 0 Å². The van der Waals surface area contributed by atoms with E-state index in [1.54, 1.807) is 0 Å². The highest BCUT2D eigenvalue weighted by atomic mass is 16.5. The van der Waals surface area contributed by atoms with E-state index in [-0.39, 0.29) is 30.8 Å². The van der Waals surface area contributed by atoms with Crippen LogP contribution in [0.3, 0.4) is 0 Å². The molecule has 2 heterocycles. The molecule has 2 fully saturated rings. The third-order valence-electron chi connectivity index (χ3n) is 6.75. The molecule has 162 valence electrons. The van der Waals surface area contributed by atoms with Gasteiger partial charge in [-0.2, -0.15) is 0 Å². The van der Waals surface area contributed by atoms with Crippen LogP contribution in [-0.2, 0) is 19.1 Å². The van der Waals surface area contributed by atoms with Gasteiger partial charge in [0, 0.05) is 5.92 Å². The third-order valence-corrected chi connectivity index (χ3v) is 6.75. The van der Waals surface area contributed by atoms with Crippen LogP contribution in [0.15, 0.2) is 0 Å². The first-order chi connectivity index (χ1) is 13.0. The van der Waals surface area contributed by atoms with E-state index in [4.69, 9.17) is 14.6 Å². The first kappa shape index (κ1) is 23.1. The van der Waals surface area contributed by atoms with E-state index in [1.807, 2.05) is 20.8 Å². The fourth-order valence-corrected chi connectivity index (χ4v) is 4.57. The smallest absolute Gasteiger partial charge is 0.311 e. The molecule has 2 aliphatic rings. The van der Waals surface area contributed by atoms with E-state index in [2.05, 4.69) is 6.92 Å². The number of carbonyl (C=O) groups excluding carboxylic acids is 1. The molecule has 0 aromatic carbocycles. The maximum atomic E-state index is 12.3. The average molecular weight is 401 g/mol. The van der Waals surface area contributed by atoms with Crippen LogP contribution in [0.5, 0.6) is 0 Å². The molecule has 0 amide bonds. The van der Waals surface area contributed by atoms with Crippen LogP contribution in [0, 0.1) is 17.3 Å². The fourth-order valence-electron chi connectivity index (χ4n) is 4.57. The molecule has 7 heteroatoms. The SMILES string of the molecule is CCC(C)(C)C(=O)OC[C@H]1C[C@@H]2C[C@H](C)[C@@]1(CC[C@@H](O)C[C@@H](O)CC(=O)O)O2. The van der Waals surface area contributed by atoms with Crippen molar-refractivity contribution in [3.63, 3.8) is 0 Å². The Hall–Kier alpha value is -1.18. The van der Waals surface area contributed by atoms with Crippen molar-refractivity contribution in [2.45, 2.75) is 96.6 Å². The Morgan fingerprint density at radius 1 is 1.25 bits per heavy atom. The minimum atomic E-state index is -1.08. The number of aliphatic carboxylic acids is 1. The van der Waals surface area contributed by atoms with Crippen LogP contribution in [-0.4, -0.2) is 57.8 Å². The largest absolute Gasteiger partial charge is 0.481 e. The molecule has 0 aliphatic carbocycles. The first-order valence-corrected chi connectivity index (χ1v) is 10.4. The summed E-state index contributed by atoms with van der Waals surface area (Å²) in [5.74, 6) is -0.891. The lowest BCUT2D eigenvalue weighted by molar-refractivity contribution is -0.158. The molecule has 3 N–H and O–H groups in total. The molecule has 7 nitrogen and oxygen atoms in total. The highest BCUT2D eigenvalue weighted by molar-refractivity contribution is 5.75. The summed E-state index contributed by atoms with van der Waals surface area (Å²) < 4.78 is 11.9. The van der Waals surface area contributed by atoms with Crippen molar-refractivity contribution in [1.82, 2.24) is 0 Å². The number of aliphatic hydroxyl groups excluding tert-OH is 2. The van der Waals surface area contributed by atoms with E-state index in [0.717, 1.165) is 12.8 Å². The molecule has 0 saturated carbocycles. The van der Waals surface area contributed by atoms with Gasteiger partial charge < -0.3 is 24.8 Å². The van der Waals surface area contributed by atoms with E-state index < -0.39 is 29.2 Å². The van der Waals surface area contributed by atoms with Gasteiger partial charge in [0.1, 0.15) is 0 Å².